The first kappa shape index (κ1) is 14.3. The topological polar surface area (TPSA) is 73.0 Å². The van der Waals surface area contributed by atoms with E-state index in [0.29, 0.717) is 23.9 Å². The lowest BCUT2D eigenvalue weighted by atomic mass is 10.1. The zero-order valence-corrected chi connectivity index (χ0v) is 12.3. The molecule has 6 nitrogen and oxygen atoms in total. The summed E-state index contributed by atoms with van der Waals surface area (Å²) < 4.78 is 6.93. The summed E-state index contributed by atoms with van der Waals surface area (Å²) in [7, 11) is 0. The average molecular weight is 317 g/mol. The van der Waals surface area contributed by atoms with E-state index in [-0.39, 0.29) is 11.6 Å². The predicted octanol–water partition coefficient (Wildman–Crippen LogP) is 2.62. The highest BCUT2D eigenvalue weighted by atomic mass is 35.5. The number of benzene rings is 1. The van der Waals surface area contributed by atoms with Gasteiger partial charge in [0.15, 0.2) is 11.5 Å². The van der Waals surface area contributed by atoms with Crippen LogP contribution in [0.1, 0.15) is 10.5 Å². The van der Waals surface area contributed by atoms with E-state index in [1.54, 1.807) is 29.1 Å². The van der Waals surface area contributed by atoms with Crippen LogP contribution >= 0.6 is 11.6 Å². The third-order valence-electron chi connectivity index (χ3n) is 3.06. The monoisotopic (exact) mass is 316 g/mol. The number of hydrogen-bond donors (Lipinski definition) is 1. The molecular formula is C15H13ClN4O2. The van der Waals surface area contributed by atoms with Gasteiger partial charge in [-0.2, -0.15) is 5.10 Å². The van der Waals surface area contributed by atoms with Crippen LogP contribution in [0.2, 0.25) is 5.02 Å². The first-order valence-corrected chi connectivity index (χ1v) is 7.08. The molecule has 0 saturated carbocycles. The Balaban J connectivity index is 1.60. The summed E-state index contributed by atoms with van der Waals surface area (Å²) in [4.78, 5) is 12.0. The van der Waals surface area contributed by atoms with E-state index in [0.717, 1.165) is 5.56 Å². The average Bonchev–Trinajstić information content (AvgIpc) is 3.19. The lowest BCUT2D eigenvalue weighted by molar-refractivity contribution is 0.0943. The number of carbonyl (C=O) groups is 1. The molecule has 1 amide bonds. The molecule has 22 heavy (non-hydrogen) atoms. The number of aromatic nitrogens is 3. The summed E-state index contributed by atoms with van der Waals surface area (Å²) in [6.45, 7) is 1.06. The molecule has 0 saturated heterocycles. The normalized spacial score (nSPS) is 10.6. The van der Waals surface area contributed by atoms with Crippen molar-refractivity contribution in [1.82, 2.24) is 20.3 Å². The minimum absolute atomic E-state index is 0.241. The molecule has 7 heteroatoms. The summed E-state index contributed by atoms with van der Waals surface area (Å²) in [5.74, 6) is 0.241. The molecular weight excluding hydrogens is 304 g/mol. The molecule has 0 spiro atoms. The minimum Gasteiger partial charge on any atom is -0.355 e. The second-order valence-corrected chi connectivity index (χ2v) is 5.04. The van der Waals surface area contributed by atoms with Crippen molar-refractivity contribution in [1.29, 1.82) is 0 Å². The smallest absolute Gasteiger partial charge is 0.273 e. The van der Waals surface area contributed by atoms with Crippen molar-refractivity contribution in [3.05, 3.63) is 59.5 Å². The van der Waals surface area contributed by atoms with Crippen LogP contribution in [0.3, 0.4) is 0 Å². The van der Waals surface area contributed by atoms with Gasteiger partial charge in [-0.05, 0) is 30.3 Å². The Hall–Kier alpha value is -2.60. The van der Waals surface area contributed by atoms with Gasteiger partial charge in [0.2, 0.25) is 0 Å². The summed E-state index contributed by atoms with van der Waals surface area (Å²) >= 11 is 5.84. The summed E-state index contributed by atoms with van der Waals surface area (Å²) in [5.41, 5.74) is 1.05. The standard InChI is InChI=1S/C15H13ClN4O2/c16-12-4-2-11(3-5-12)14-10-13(19-22-14)15(21)17-7-9-20-8-1-6-18-20/h1-6,8,10H,7,9H2,(H,17,21). The van der Waals surface area contributed by atoms with Crippen molar-refractivity contribution in [3.63, 3.8) is 0 Å². The van der Waals surface area contributed by atoms with E-state index in [1.165, 1.54) is 0 Å². The van der Waals surface area contributed by atoms with Crippen molar-refractivity contribution in [2.24, 2.45) is 0 Å². The van der Waals surface area contributed by atoms with Gasteiger partial charge in [-0.15, -0.1) is 0 Å². The second-order valence-electron chi connectivity index (χ2n) is 4.61. The quantitative estimate of drug-likeness (QED) is 0.785. The fourth-order valence-corrected chi connectivity index (χ4v) is 2.07. The maximum atomic E-state index is 12.0. The highest BCUT2D eigenvalue weighted by Crippen LogP contribution is 2.22. The minimum atomic E-state index is -0.281. The summed E-state index contributed by atoms with van der Waals surface area (Å²) in [6.07, 6.45) is 3.53. The molecule has 0 unspecified atom stereocenters. The van der Waals surface area contributed by atoms with E-state index in [4.69, 9.17) is 16.1 Å². The van der Waals surface area contributed by atoms with Crippen molar-refractivity contribution in [2.45, 2.75) is 6.54 Å². The van der Waals surface area contributed by atoms with Crippen molar-refractivity contribution in [3.8, 4) is 11.3 Å². The molecule has 0 aliphatic carbocycles. The number of nitrogens with one attached hydrogen (secondary N) is 1. The van der Waals surface area contributed by atoms with Crippen LogP contribution in [0, 0.1) is 0 Å². The van der Waals surface area contributed by atoms with E-state index < -0.39 is 0 Å². The van der Waals surface area contributed by atoms with Crippen LogP contribution < -0.4 is 5.32 Å². The van der Waals surface area contributed by atoms with Gasteiger partial charge >= 0.3 is 0 Å². The Kier molecular flexibility index (Phi) is 4.20. The molecule has 1 N–H and O–H groups in total. The molecule has 1 aromatic carbocycles. The number of amides is 1. The van der Waals surface area contributed by atoms with Gasteiger partial charge in [-0.25, -0.2) is 0 Å². The van der Waals surface area contributed by atoms with Crippen LogP contribution in [0.5, 0.6) is 0 Å². The van der Waals surface area contributed by atoms with Gasteiger partial charge in [0, 0.05) is 35.6 Å². The van der Waals surface area contributed by atoms with Crippen LogP contribution in [0.15, 0.2) is 53.3 Å². The SMILES string of the molecule is O=C(NCCn1cccn1)c1cc(-c2ccc(Cl)cc2)on1. The zero-order valence-electron chi connectivity index (χ0n) is 11.6. The molecule has 0 bridgehead atoms. The molecule has 0 aliphatic rings. The zero-order chi connectivity index (χ0) is 15.4. The number of hydrogen-bond acceptors (Lipinski definition) is 4. The number of rotatable bonds is 5. The summed E-state index contributed by atoms with van der Waals surface area (Å²) in [5, 5.41) is 11.3. The Morgan fingerprint density at radius 2 is 2.14 bits per heavy atom. The van der Waals surface area contributed by atoms with Crippen LogP contribution in [0.4, 0.5) is 0 Å². The molecule has 0 atom stereocenters. The van der Waals surface area contributed by atoms with E-state index in [2.05, 4.69) is 15.6 Å². The van der Waals surface area contributed by atoms with E-state index in [9.17, 15) is 4.79 Å². The molecule has 3 rings (SSSR count). The predicted molar refractivity (Wildman–Crippen MR) is 81.5 cm³/mol. The van der Waals surface area contributed by atoms with Gasteiger partial charge in [0.25, 0.3) is 5.91 Å². The van der Waals surface area contributed by atoms with Gasteiger partial charge in [-0.3, -0.25) is 9.48 Å². The van der Waals surface area contributed by atoms with Crippen molar-refractivity contribution in [2.75, 3.05) is 6.54 Å². The Labute approximate surface area is 131 Å². The second kappa shape index (κ2) is 6.44. The van der Waals surface area contributed by atoms with Crippen molar-refractivity contribution >= 4 is 17.5 Å². The van der Waals surface area contributed by atoms with Crippen LogP contribution in [-0.2, 0) is 6.54 Å². The molecule has 2 heterocycles. The third kappa shape index (κ3) is 3.35. The molecule has 0 aliphatic heterocycles. The highest BCUT2D eigenvalue weighted by Gasteiger charge is 2.13. The molecule has 2 aromatic heterocycles. The molecule has 112 valence electrons. The molecule has 0 radical (unpaired) electrons. The van der Waals surface area contributed by atoms with E-state index >= 15 is 0 Å². The van der Waals surface area contributed by atoms with Gasteiger partial charge < -0.3 is 9.84 Å². The largest absolute Gasteiger partial charge is 0.355 e. The Morgan fingerprint density at radius 1 is 1.32 bits per heavy atom. The van der Waals surface area contributed by atoms with Gasteiger partial charge in [0.1, 0.15) is 0 Å². The lowest BCUT2D eigenvalue weighted by Crippen LogP contribution is -2.27. The maximum absolute atomic E-state index is 12.0. The highest BCUT2D eigenvalue weighted by molar-refractivity contribution is 6.30. The number of halogens is 1. The Morgan fingerprint density at radius 3 is 2.86 bits per heavy atom. The van der Waals surface area contributed by atoms with Crippen molar-refractivity contribution < 1.29 is 9.32 Å². The maximum Gasteiger partial charge on any atom is 0.273 e. The Bertz CT molecular complexity index is 750. The number of nitrogens with zero attached hydrogens (tertiary/aromatic N) is 3. The third-order valence-corrected chi connectivity index (χ3v) is 3.31. The van der Waals surface area contributed by atoms with E-state index in [1.807, 2.05) is 24.4 Å². The van der Waals surface area contributed by atoms with Gasteiger partial charge in [-0.1, -0.05) is 16.8 Å². The fourth-order valence-electron chi connectivity index (χ4n) is 1.94. The van der Waals surface area contributed by atoms with Crippen LogP contribution in [-0.4, -0.2) is 27.4 Å². The van der Waals surface area contributed by atoms with Gasteiger partial charge in [0.05, 0.1) is 6.54 Å². The first-order valence-electron chi connectivity index (χ1n) is 6.70. The van der Waals surface area contributed by atoms with Crippen LogP contribution in [0.25, 0.3) is 11.3 Å². The molecule has 3 aromatic rings. The first-order chi connectivity index (χ1) is 10.7. The number of carbonyl (C=O) groups excluding carboxylic acids is 1. The fraction of sp³-hybridized carbons (Fsp3) is 0.133. The summed E-state index contributed by atoms with van der Waals surface area (Å²) in [6, 6.07) is 10.6. The molecule has 0 fully saturated rings. The lowest BCUT2D eigenvalue weighted by Gasteiger charge is -2.02.